The molecular weight excluding hydrogens is 709 g/mol. The van der Waals surface area contributed by atoms with E-state index in [1.165, 1.54) is 10.8 Å². The van der Waals surface area contributed by atoms with Crippen molar-refractivity contribution >= 4 is 43.6 Å². The Kier molecular flexibility index (Phi) is 7.76. The standard InChI is InChI=1S/C52H32N6/c53-33-37-30-36(52-55-50(34-16-5-1-6-17-34)54-51(56-52)35-18-7-2-8-19-35)28-29-40(37)42-25-15-27-46-49(42)44-31-43-41-24-13-14-26-45(41)57(38-20-9-3-10-21-38)47(43)32-48(44)58(46)39-22-11-4-12-23-39/h1-32H. The van der Waals surface area contributed by atoms with Gasteiger partial charge in [-0.25, -0.2) is 15.0 Å². The molecule has 0 saturated carbocycles. The molecule has 0 aliphatic rings. The highest BCUT2D eigenvalue weighted by Crippen LogP contribution is 2.43. The van der Waals surface area contributed by atoms with Crippen LogP contribution in [0, 0.1) is 11.3 Å². The molecule has 0 aliphatic heterocycles. The van der Waals surface area contributed by atoms with Crippen LogP contribution in [0.1, 0.15) is 5.56 Å². The summed E-state index contributed by atoms with van der Waals surface area (Å²) in [7, 11) is 0. The van der Waals surface area contributed by atoms with Crippen molar-refractivity contribution in [3.63, 3.8) is 0 Å². The Morgan fingerprint density at radius 1 is 0.362 bits per heavy atom. The fourth-order valence-corrected chi connectivity index (χ4v) is 8.41. The van der Waals surface area contributed by atoms with Gasteiger partial charge in [-0.15, -0.1) is 0 Å². The SMILES string of the molecule is N#Cc1cc(-c2nc(-c3ccccc3)nc(-c3ccccc3)n2)ccc1-c1cccc2c1c1cc3c4ccccc4n(-c4ccccc4)c3cc1n2-c1ccccc1. The van der Waals surface area contributed by atoms with Gasteiger partial charge in [-0.2, -0.15) is 5.26 Å². The molecule has 0 atom stereocenters. The highest BCUT2D eigenvalue weighted by molar-refractivity contribution is 6.22. The molecule has 6 nitrogen and oxygen atoms in total. The second-order valence-electron chi connectivity index (χ2n) is 14.4. The van der Waals surface area contributed by atoms with Gasteiger partial charge in [0.2, 0.25) is 0 Å². The van der Waals surface area contributed by atoms with Gasteiger partial charge in [-0.05, 0) is 60.2 Å². The summed E-state index contributed by atoms with van der Waals surface area (Å²) >= 11 is 0. The lowest BCUT2D eigenvalue weighted by molar-refractivity contribution is 1.07. The van der Waals surface area contributed by atoms with E-state index in [0.29, 0.717) is 23.0 Å². The first-order chi connectivity index (χ1) is 28.7. The molecule has 6 heteroatoms. The van der Waals surface area contributed by atoms with Gasteiger partial charge < -0.3 is 9.13 Å². The number of hydrogen-bond donors (Lipinski definition) is 0. The summed E-state index contributed by atoms with van der Waals surface area (Å²) < 4.78 is 4.71. The predicted molar refractivity (Wildman–Crippen MR) is 235 cm³/mol. The van der Waals surface area contributed by atoms with Crippen LogP contribution in [0.15, 0.2) is 194 Å². The molecule has 0 unspecified atom stereocenters. The molecule has 0 saturated heterocycles. The van der Waals surface area contributed by atoms with Gasteiger partial charge in [0, 0.05) is 55.2 Å². The molecule has 270 valence electrons. The van der Waals surface area contributed by atoms with Crippen molar-refractivity contribution in [2.45, 2.75) is 0 Å². The monoisotopic (exact) mass is 740 g/mol. The van der Waals surface area contributed by atoms with Crippen molar-refractivity contribution in [1.29, 1.82) is 5.26 Å². The van der Waals surface area contributed by atoms with Gasteiger partial charge in [-0.1, -0.05) is 140 Å². The molecule has 58 heavy (non-hydrogen) atoms. The summed E-state index contributed by atoms with van der Waals surface area (Å²) in [6.07, 6.45) is 0. The second-order valence-corrected chi connectivity index (χ2v) is 14.4. The zero-order valence-corrected chi connectivity index (χ0v) is 31.2. The van der Waals surface area contributed by atoms with Crippen molar-refractivity contribution in [2.24, 2.45) is 0 Å². The number of aromatic nitrogens is 5. The highest BCUT2D eigenvalue weighted by Gasteiger charge is 2.22. The molecule has 0 N–H and O–H groups in total. The van der Waals surface area contributed by atoms with Crippen LogP contribution in [0.3, 0.4) is 0 Å². The average molecular weight is 741 g/mol. The maximum absolute atomic E-state index is 10.8. The average Bonchev–Trinajstić information content (AvgIpc) is 3.81. The Morgan fingerprint density at radius 3 is 1.50 bits per heavy atom. The Balaban J connectivity index is 1.16. The molecule has 0 radical (unpaired) electrons. The lowest BCUT2D eigenvalue weighted by Crippen LogP contribution is -2.00. The summed E-state index contributed by atoms with van der Waals surface area (Å²) in [4.78, 5) is 14.8. The Labute approximate surface area is 334 Å². The van der Waals surface area contributed by atoms with Crippen molar-refractivity contribution < 1.29 is 0 Å². The van der Waals surface area contributed by atoms with E-state index in [0.717, 1.165) is 72.0 Å². The fourth-order valence-electron chi connectivity index (χ4n) is 8.41. The number of benzene rings is 8. The van der Waals surface area contributed by atoms with Gasteiger partial charge in [0.25, 0.3) is 0 Å². The zero-order chi connectivity index (χ0) is 38.6. The molecular formula is C52H32N6. The summed E-state index contributed by atoms with van der Waals surface area (Å²) in [5, 5.41) is 15.4. The molecule has 3 heterocycles. The predicted octanol–water partition coefficient (Wildman–Crippen LogP) is 12.6. The normalized spacial score (nSPS) is 11.4. The first-order valence-electron chi connectivity index (χ1n) is 19.3. The summed E-state index contributed by atoms with van der Waals surface area (Å²) in [6.45, 7) is 0. The van der Waals surface area contributed by atoms with Crippen LogP contribution in [0.25, 0.3) is 100 Å². The number of nitrogens with zero attached hydrogens (tertiary/aromatic N) is 6. The molecule has 0 bridgehead atoms. The zero-order valence-electron chi connectivity index (χ0n) is 31.2. The van der Waals surface area contributed by atoms with E-state index < -0.39 is 0 Å². The highest BCUT2D eigenvalue weighted by atomic mass is 15.0. The molecule has 3 aromatic heterocycles. The van der Waals surface area contributed by atoms with Crippen LogP contribution in [0.4, 0.5) is 0 Å². The van der Waals surface area contributed by atoms with Crippen LogP contribution in [-0.2, 0) is 0 Å². The maximum Gasteiger partial charge on any atom is 0.164 e. The second kappa shape index (κ2) is 13.6. The first kappa shape index (κ1) is 33.2. The van der Waals surface area contributed by atoms with E-state index in [9.17, 15) is 5.26 Å². The summed E-state index contributed by atoms with van der Waals surface area (Å²) in [5.41, 5.74) is 11.5. The molecule has 11 aromatic rings. The van der Waals surface area contributed by atoms with Crippen molar-refractivity contribution in [3.8, 4) is 62.7 Å². The van der Waals surface area contributed by atoms with Crippen LogP contribution in [0.2, 0.25) is 0 Å². The third-order valence-electron chi connectivity index (χ3n) is 11.0. The maximum atomic E-state index is 10.8. The molecule has 0 fully saturated rings. The first-order valence-corrected chi connectivity index (χ1v) is 19.3. The molecule has 11 rings (SSSR count). The topological polar surface area (TPSA) is 72.3 Å². The number of hydrogen-bond acceptors (Lipinski definition) is 4. The Morgan fingerprint density at radius 2 is 0.879 bits per heavy atom. The van der Waals surface area contributed by atoms with Gasteiger partial charge in [0.15, 0.2) is 17.5 Å². The van der Waals surface area contributed by atoms with Gasteiger partial charge >= 0.3 is 0 Å². The van der Waals surface area contributed by atoms with E-state index in [4.69, 9.17) is 15.0 Å². The van der Waals surface area contributed by atoms with E-state index in [2.05, 4.69) is 124 Å². The third kappa shape index (κ3) is 5.37. The third-order valence-corrected chi connectivity index (χ3v) is 11.0. The summed E-state index contributed by atoms with van der Waals surface area (Å²) in [6, 6.07) is 69.2. The largest absolute Gasteiger partial charge is 0.309 e. The fraction of sp³-hybridized carbons (Fsp3) is 0. The smallest absolute Gasteiger partial charge is 0.164 e. The lowest BCUT2D eigenvalue weighted by atomic mass is 9.94. The molecule has 8 aromatic carbocycles. The number of para-hydroxylation sites is 3. The molecule has 0 spiro atoms. The van der Waals surface area contributed by atoms with Crippen LogP contribution in [-0.4, -0.2) is 24.1 Å². The lowest BCUT2D eigenvalue weighted by Gasteiger charge is -2.12. The summed E-state index contributed by atoms with van der Waals surface area (Å²) in [5.74, 6) is 1.66. The number of nitriles is 1. The van der Waals surface area contributed by atoms with Gasteiger partial charge in [0.1, 0.15) is 0 Å². The van der Waals surface area contributed by atoms with Crippen molar-refractivity contribution in [3.05, 3.63) is 200 Å². The Bertz CT molecular complexity index is 3320. The molecule has 0 amide bonds. The van der Waals surface area contributed by atoms with Crippen LogP contribution < -0.4 is 0 Å². The van der Waals surface area contributed by atoms with E-state index >= 15 is 0 Å². The Hall–Kier alpha value is -8.14. The quantitative estimate of drug-likeness (QED) is 0.170. The minimum atomic E-state index is 0.506. The number of fused-ring (bicyclic) bond motifs is 6. The molecule has 0 aliphatic carbocycles. The van der Waals surface area contributed by atoms with Crippen LogP contribution >= 0.6 is 0 Å². The van der Waals surface area contributed by atoms with Crippen molar-refractivity contribution in [2.75, 3.05) is 0 Å². The minimum absolute atomic E-state index is 0.506. The number of rotatable bonds is 6. The van der Waals surface area contributed by atoms with Crippen molar-refractivity contribution in [1.82, 2.24) is 24.1 Å². The van der Waals surface area contributed by atoms with E-state index in [1.54, 1.807) is 0 Å². The van der Waals surface area contributed by atoms with E-state index in [-0.39, 0.29) is 0 Å². The van der Waals surface area contributed by atoms with E-state index in [1.807, 2.05) is 84.9 Å². The minimum Gasteiger partial charge on any atom is -0.309 e. The van der Waals surface area contributed by atoms with Crippen LogP contribution in [0.5, 0.6) is 0 Å². The van der Waals surface area contributed by atoms with Gasteiger partial charge in [-0.3, -0.25) is 0 Å². The van der Waals surface area contributed by atoms with Gasteiger partial charge in [0.05, 0.1) is 33.7 Å².